The summed E-state index contributed by atoms with van der Waals surface area (Å²) in [5, 5.41) is 0. The molecule has 0 aliphatic rings. The number of halogens is 1. The van der Waals surface area contributed by atoms with Gasteiger partial charge in [-0.15, -0.1) is 0 Å². The number of benzene rings is 3. The van der Waals surface area contributed by atoms with Crippen LogP contribution < -0.4 is 0 Å². The van der Waals surface area contributed by atoms with Gasteiger partial charge < -0.3 is 0 Å². The Balaban J connectivity index is 1.43. The Morgan fingerprint density at radius 1 is 0.645 bits per heavy atom. The average Bonchev–Trinajstić information content (AvgIpc) is 2.81. The quantitative estimate of drug-likeness (QED) is 0.244. The Morgan fingerprint density at radius 3 is 1.87 bits per heavy atom. The summed E-state index contributed by atoms with van der Waals surface area (Å²) in [4.78, 5) is 0. The summed E-state index contributed by atoms with van der Waals surface area (Å²) in [6.07, 6.45) is 11.2. The molecule has 0 N–H and O–H groups in total. The molecule has 1 heteroatoms. The first kappa shape index (κ1) is 23.3. The van der Waals surface area contributed by atoms with E-state index in [0.717, 1.165) is 49.7 Å². The van der Waals surface area contributed by atoms with Gasteiger partial charge in [-0.05, 0) is 60.4 Å². The third kappa shape index (κ3) is 7.65. The maximum atomic E-state index is 14.4. The molecule has 0 amide bonds. The summed E-state index contributed by atoms with van der Waals surface area (Å²) < 4.78 is 14.4. The highest BCUT2D eigenvalue weighted by molar-refractivity contribution is 5.32. The molecule has 0 aliphatic carbocycles. The molecule has 3 rings (SSSR count). The fraction of sp³-hybridized carbons (Fsp3) is 0.400. The fourth-order valence-electron chi connectivity index (χ4n) is 4.44. The van der Waals surface area contributed by atoms with E-state index in [-0.39, 0.29) is 5.82 Å². The van der Waals surface area contributed by atoms with Gasteiger partial charge in [0.25, 0.3) is 0 Å². The Bertz CT molecular complexity index is 830. The van der Waals surface area contributed by atoms with E-state index in [1.165, 1.54) is 36.8 Å². The van der Waals surface area contributed by atoms with Crippen LogP contribution in [0.25, 0.3) is 0 Å². The molecule has 0 bridgehead atoms. The van der Waals surface area contributed by atoms with Crippen LogP contribution in [0.1, 0.15) is 86.5 Å². The maximum absolute atomic E-state index is 14.4. The summed E-state index contributed by atoms with van der Waals surface area (Å²) in [6.45, 7) is 2.20. The molecule has 0 heterocycles. The van der Waals surface area contributed by atoms with Gasteiger partial charge in [-0.25, -0.2) is 4.39 Å². The number of aryl methyl sites for hydroxylation is 2. The topological polar surface area (TPSA) is 0 Å². The van der Waals surface area contributed by atoms with Crippen molar-refractivity contribution < 1.29 is 4.39 Å². The molecule has 3 aromatic rings. The Labute approximate surface area is 188 Å². The highest BCUT2D eigenvalue weighted by atomic mass is 19.1. The molecular formula is C30H37F. The van der Waals surface area contributed by atoms with Crippen molar-refractivity contribution in [3.05, 3.63) is 107 Å². The van der Waals surface area contributed by atoms with Crippen molar-refractivity contribution in [1.29, 1.82) is 0 Å². The second-order valence-electron chi connectivity index (χ2n) is 8.71. The first-order valence-corrected chi connectivity index (χ1v) is 12.1. The van der Waals surface area contributed by atoms with E-state index in [2.05, 4.69) is 73.7 Å². The van der Waals surface area contributed by atoms with Crippen molar-refractivity contribution in [1.82, 2.24) is 0 Å². The Hall–Kier alpha value is -2.41. The number of hydrogen-bond acceptors (Lipinski definition) is 0. The van der Waals surface area contributed by atoms with Gasteiger partial charge in [0.2, 0.25) is 0 Å². The maximum Gasteiger partial charge on any atom is 0.126 e. The van der Waals surface area contributed by atoms with E-state index >= 15 is 0 Å². The van der Waals surface area contributed by atoms with Gasteiger partial charge in [-0.2, -0.15) is 0 Å². The molecule has 0 nitrogen and oxygen atoms in total. The van der Waals surface area contributed by atoms with Crippen molar-refractivity contribution >= 4 is 0 Å². The van der Waals surface area contributed by atoms with Crippen molar-refractivity contribution in [3.63, 3.8) is 0 Å². The SMILES string of the molecule is CCCCCc1ccc(CCCCCCC(c2ccccc2)c2ccccc2)c(F)c1. The summed E-state index contributed by atoms with van der Waals surface area (Å²) in [6, 6.07) is 27.6. The monoisotopic (exact) mass is 416 g/mol. The van der Waals surface area contributed by atoms with E-state index in [9.17, 15) is 4.39 Å². The summed E-state index contributed by atoms with van der Waals surface area (Å²) >= 11 is 0. The van der Waals surface area contributed by atoms with E-state index in [4.69, 9.17) is 0 Å². The smallest absolute Gasteiger partial charge is 0.126 e. The van der Waals surface area contributed by atoms with Crippen LogP contribution in [0.2, 0.25) is 0 Å². The molecule has 0 radical (unpaired) electrons. The third-order valence-corrected chi connectivity index (χ3v) is 6.28. The van der Waals surface area contributed by atoms with Crippen LogP contribution in [0, 0.1) is 5.82 Å². The zero-order valence-corrected chi connectivity index (χ0v) is 19.0. The van der Waals surface area contributed by atoms with Crippen molar-refractivity contribution in [2.75, 3.05) is 0 Å². The largest absolute Gasteiger partial charge is 0.207 e. The molecule has 0 fully saturated rings. The lowest BCUT2D eigenvalue weighted by Gasteiger charge is -2.18. The lowest BCUT2D eigenvalue weighted by atomic mass is 9.87. The van der Waals surface area contributed by atoms with Gasteiger partial charge in [0.15, 0.2) is 0 Å². The van der Waals surface area contributed by atoms with Crippen LogP contribution in [0.5, 0.6) is 0 Å². The van der Waals surface area contributed by atoms with Crippen LogP contribution in [0.3, 0.4) is 0 Å². The summed E-state index contributed by atoms with van der Waals surface area (Å²) in [7, 11) is 0. The molecular weight excluding hydrogens is 379 g/mol. The van der Waals surface area contributed by atoms with Crippen LogP contribution in [0.15, 0.2) is 78.9 Å². The van der Waals surface area contributed by atoms with Crippen molar-refractivity contribution in [2.45, 2.75) is 77.0 Å². The average molecular weight is 417 g/mol. The van der Waals surface area contributed by atoms with Gasteiger partial charge in [0.1, 0.15) is 5.82 Å². The molecule has 0 unspecified atom stereocenters. The minimum absolute atomic E-state index is 0.0118. The summed E-state index contributed by atoms with van der Waals surface area (Å²) in [5.74, 6) is 0.447. The lowest BCUT2D eigenvalue weighted by molar-refractivity contribution is 0.568. The molecule has 3 aromatic carbocycles. The first-order valence-electron chi connectivity index (χ1n) is 12.1. The van der Waals surface area contributed by atoms with Gasteiger partial charge >= 0.3 is 0 Å². The van der Waals surface area contributed by atoms with E-state index in [0.29, 0.717) is 5.92 Å². The Morgan fingerprint density at radius 2 is 1.26 bits per heavy atom. The van der Waals surface area contributed by atoms with Crippen LogP contribution in [0.4, 0.5) is 4.39 Å². The molecule has 0 saturated heterocycles. The molecule has 0 aliphatic heterocycles. The predicted molar refractivity (Wildman–Crippen MR) is 131 cm³/mol. The minimum Gasteiger partial charge on any atom is -0.207 e. The second-order valence-corrected chi connectivity index (χ2v) is 8.71. The van der Waals surface area contributed by atoms with E-state index < -0.39 is 0 Å². The molecule has 164 valence electrons. The van der Waals surface area contributed by atoms with Gasteiger partial charge in [-0.1, -0.05) is 112 Å². The fourth-order valence-corrected chi connectivity index (χ4v) is 4.44. The second kappa shape index (κ2) is 13.1. The summed E-state index contributed by atoms with van der Waals surface area (Å²) in [5.41, 5.74) is 4.82. The lowest BCUT2D eigenvalue weighted by Crippen LogP contribution is -2.01. The van der Waals surface area contributed by atoms with Gasteiger partial charge in [0, 0.05) is 5.92 Å². The van der Waals surface area contributed by atoms with E-state index in [1.54, 1.807) is 6.07 Å². The van der Waals surface area contributed by atoms with Crippen LogP contribution in [-0.4, -0.2) is 0 Å². The number of unbranched alkanes of at least 4 members (excludes halogenated alkanes) is 5. The van der Waals surface area contributed by atoms with Gasteiger partial charge in [-0.3, -0.25) is 0 Å². The third-order valence-electron chi connectivity index (χ3n) is 6.28. The van der Waals surface area contributed by atoms with E-state index in [1.807, 2.05) is 6.07 Å². The molecule has 0 atom stereocenters. The normalized spacial score (nSPS) is 11.2. The van der Waals surface area contributed by atoms with Crippen LogP contribution in [-0.2, 0) is 12.8 Å². The Kier molecular flexibility index (Phi) is 9.83. The first-order chi connectivity index (χ1) is 15.3. The van der Waals surface area contributed by atoms with Crippen molar-refractivity contribution in [2.24, 2.45) is 0 Å². The van der Waals surface area contributed by atoms with Crippen molar-refractivity contribution in [3.8, 4) is 0 Å². The highest BCUT2D eigenvalue weighted by Gasteiger charge is 2.13. The van der Waals surface area contributed by atoms with Crippen LogP contribution >= 0.6 is 0 Å². The number of hydrogen-bond donors (Lipinski definition) is 0. The highest BCUT2D eigenvalue weighted by Crippen LogP contribution is 2.30. The molecule has 31 heavy (non-hydrogen) atoms. The minimum atomic E-state index is -0.0118. The zero-order valence-electron chi connectivity index (χ0n) is 19.0. The predicted octanol–water partition coefficient (Wildman–Crippen LogP) is 8.88. The van der Waals surface area contributed by atoms with Gasteiger partial charge in [0.05, 0.1) is 0 Å². The standard InChI is InChI=1S/C30H37F/c1-2-3-8-15-25-22-23-28(30(31)24-25)20-9-4-5-14-21-29(26-16-10-6-11-17-26)27-18-12-7-13-19-27/h6-7,10-13,16-19,22-24,29H,2-5,8-9,14-15,20-21H2,1H3. The molecule has 0 spiro atoms. The molecule has 0 aromatic heterocycles. The number of rotatable bonds is 13. The molecule has 0 saturated carbocycles. The zero-order chi connectivity index (χ0) is 21.7.